The van der Waals surface area contributed by atoms with E-state index >= 15 is 0 Å². The van der Waals surface area contributed by atoms with Crippen LogP contribution in [0.4, 0.5) is 0 Å². The van der Waals surface area contributed by atoms with Crippen molar-refractivity contribution < 1.29 is 4.52 Å². The molecule has 0 saturated carbocycles. The molecular formula is C13H9BrN2O. The summed E-state index contributed by atoms with van der Waals surface area (Å²) in [6.45, 7) is 0. The highest BCUT2D eigenvalue weighted by Gasteiger charge is 2.07. The molecule has 17 heavy (non-hydrogen) atoms. The quantitative estimate of drug-likeness (QED) is 0.724. The summed E-state index contributed by atoms with van der Waals surface area (Å²) < 4.78 is 5.60. The summed E-state index contributed by atoms with van der Waals surface area (Å²) in [6, 6.07) is 14.5. The molecule has 0 amide bonds. The Balaban J connectivity index is 2.05. The van der Waals surface area contributed by atoms with Crippen molar-refractivity contribution in [2.24, 2.45) is 0 Å². The van der Waals surface area contributed by atoms with Crippen LogP contribution in [0.3, 0.4) is 0 Å². The molecule has 0 unspecified atom stereocenters. The molecule has 3 nitrogen and oxygen atoms in total. The molecule has 84 valence electrons. The number of hydrogen-bond donors (Lipinski definition) is 0. The molecule has 0 spiro atoms. The van der Waals surface area contributed by atoms with Crippen LogP contribution in [0.2, 0.25) is 0 Å². The normalized spacial score (nSPS) is 10.9. The fourth-order valence-electron chi connectivity index (χ4n) is 1.92. The van der Waals surface area contributed by atoms with Gasteiger partial charge < -0.3 is 4.52 Å². The summed E-state index contributed by atoms with van der Waals surface area (Å²) in [5.41, 5.74) is 1.19. The highest BCUT2D eigenvalue weighted by atomic mass is 79.9. The summed E-state index contributed by atoms with van der Waals surface area (Å²) in [6.07, 6.45) is 0.653. The van der Waals surface area contributed by atoms with Gasteiger partial charge in [-0.1, -0.05) is 42.5 Å². The highest BCUT2D eigenvalue weighted by molar-refractivity contribution is 9.10. The van der Waals surface area contributed by atoms with Gasteiger partial charge in [-0.15, -0.1) is 0 Å². The number of rotatable bonds is 2. The van der Waals surface area contributed by atoms with Crippen LogP contribution in [0, 0.1) is 0 Å². The van der Waals surface area contributed by atoms with E-state index in [0.29, 0.717) is 17.0 Å². The van der Waals surface area contributed by atoms with Crippen LogP contribution in [-0.4, -0.2) is 10.1 Å². The maximum absolute atomic E-state index is 5.11. The average molecular weight is 289 g/mol. The van der Waals surface area contributed by atoms with E-state index < -0.39 is 0 Å². The summed E-state index contributed by atoms with van der Waals surface area (Å²) in [7, 11) is 0. The molecule has 0 bridgehead atoms. The highest BCUT2D eigenvalue weighted by Crippen LogP contribution is 2.21. The van der Waals surface area contributed by atoms with E-state index in [2.05, 4.69) is 50.3 Å². The lowest BCUT2D eigenvalue weighted by Crippen LogP contribution is -1.89. The Labute approximate surface area is 107 Å². The Morgan fingerprint density at radius 1 is 1.06 bits per heavy atom. The molecule has 0 fully saturated rings. The molecule has 3 aromatic rings. The molecule has 1 heterocycles. The van der Waals surface area contributed by atoms with Crippen molar-refractivity contribution in [3.05, 3.63) is 58.7 Å². The van der Waals surface area contributed by atoms with E-state index in [1.54, 1.807) is 0 Å². The summed E-state index contributed by atoms with van der Waals surface area (Å²) >= 11 is 3.18. The number of hydrogen-bond acceptors (Lipinski definition) is 3. The van der Waals surface area contributed by atoms with E-state index in [9.17, 15) is 0 Å². The van der Waals surface area contributed by atoms with Crippen LogP contribution in [0.1, 0.15) is 11.5 Å². The first kappa shape index (κ1) is 10.5. The lowest BCUT2D eigenvalue weighted by Gasteiger charge is -2.03. The van der Waals surface area contributed by atoms with Gasteiger partial charge in [0, 0.05) is 0 Å². The molecule has 1 aromatic heterocycles. The molecule has 4 heteroatoms. The van der Waals surface area contributed by atoms with E-state index in [1.807, 2.05) is 18.2 Å². The number of nitrogens with zero attached hydrogens (tertiary/aromatic N) is 2. The zero-order chi connectivity index (χ0) is 11.7. The van der Waals surface area contributed by atoms with Gasteiger partial charge in [0.1, 0.15) is 0 Å². The number of fused-ring (bicyclic) bond motifs is 1. The lowest BCUT2D eigenvalue weighted by molar-refractivity contribution is 0.382. The van der Waals surface area contributed by atoms with Gasteiger partial charge in [0.2, 0.25) is 10.6 Å². The van der Waals surface area contributed by atoms with Crippen molar-refractivity contribution in [3.8, 4) is 0 Å². The Hall–Kier alpha value is -1.68. The standard InChI is InChI=1S/C13H9BrN2O/c14-13-15-12(17-16-13)8-10-6-3-5-9-4-1-2-7-11(9)10/h1-7H,8H2. The maximum Gasteiger partial charge on any atom is 0.238 e. The minimum atomic E-state index is 0.493. The molecule has 0 atom stereocenters. The zero-order valence-electron chi connectivity index (χ0n) is 8.93. The molecule has 0 N–H and O–H groups in total. The van der Waals surface area contributed by atoms with Gasteiger partial charge >= 0.3 is 0 Å². The Kier molecular flexibility index (Phi) is 2.65. The molecule has 3 rings (SSSR count). The van der Waals surface area contributed by atoms with Crippen molar-refractivity contribution in [2.75, 3.05) is 0 Å². The average Bonchev–Trinajstić information content (AvgIpc) is 2.75. The predicted octanol–water partition coefficient (Wildman–Crippen LogP) is 3.58. The molecule has 0 radical (unpaired) electrons. The molecule has 0 saturated heterocycles. The third-order valence-electron chi connectivity index (χ3n) is 2.66. The molecule has 0 aliphatic heterocycles. The van der Waals surface area contributed by atoms with Gasteiger partial charge in [0.25, 0.3) is 0 Å². The van der Waals surface area contributed by atoms with Gasteiger partial charge in [-0.05, 0) is 37.4 Å². The van der Waals surface area contributed by atoms with Gasteiger partial charge in [0.15, 0.2) is 0 Å². The summed E-state index contributed by atoms with van der Waals surface area (Å²) in [5.74, 6) is 0.619. The van der Waals surface area contributed by atoms with Crippen molar-refractivity contribution in [1.29, 1.82) is 0 Å². The van der Waals surface area contributed by atoms with E-state index in [-0.39, 0.29) is 0 Å². The SMILES string of the molecule is Brc1noc(Cc2cccc3ccccc23)n1. The van der Waals surface area contributed by atoms with Gasteiger partial charge in [-0.3, -0.25) is 0 Å². The largest absolute Gasteiger partial charge is 0.338 e. The molecule has 0 aliphatic rings. The van der Waals surface area contributed by atoms with E-state index in [4.69, 9.17) is 4.52 Å². The minimum Gasteiger partial charge on any atom is -0.338 e. The van der Waals surface area contributed by atoms with Gasteiger partial charge in [-0.2, -0.15) is 4.98 Å². The summed E-state index contributed by atoms with van der Waals surface area (Å²) in [5, 5.41) is 6.18. The monoisotopic (exact) mass is 288 g/mol. The number of benzene rings is 2. The number of halogens is 1. The smallest absolute Gasteiger partial charge is 0.238 e. The first-order chi connectivity index (χ1) is 8.33. The van der Waals surface area contributed by atoms with Crippen molar-refractivity contribution in [3.63, 3.8) is 0 Å². The van der Waals surface area contributed by atoms with Crippen LogP contribution in [0.5, 0.6) is 0 Å². The van der Waals surface area contributed by atoms with E-state index in [1.165, 1.54) is 16.3 Å². The topological polar surface area (TPSA) is 38.9 Å². The van der Waals surface area contributed by atoms with Crippen molar-refractivity contribution >= 4 is 26.7 Å². The Morgan fingerprint density at radius 2 is 1.88 bits per heavy atom. The Bertz CT molecular complexity index is 658. The lowest BCUT2D eigenvalue weighted by atomic mass is 10.0. The second-order valence-corrected chi connectivity index (χ2v) is 4.48. The van der Waals surface area contributed by atoms with E-state index in [0.717, 1.165) is 0 Å². The molecule has 2 aromatic carbocycles. The van der Waals surface area contributed by atoms with Gasteiger partial charge in [0.05, 0.1) is 6.42 Å². The first-order valence-corrected chi connectivity index (χ1v) is 6.07. The predicted molar refractivity (Wildman–Crippen MR) is 68.8 cm³/mol. The van der Waals surface area contributed by atoms with Gasteiger partial charge in [-0.25, -0.2) is 0 Å². The second kappa shape index (κ2) is 4.30. The van der Waals surface area contributed by atoms with Crippen LogP contribution < -0.4 is 0 Å². The van der Waals surface area contributed by atoms with Crippen molar-refractivity contribution in [2.45, 2.75) is 6.42 Å². The fraction of sp³-hybridized carbons (Fsp3) is 0.0769. The second-order valence-electron chi connectivity index (χ2n) is 3.77. The third-order valence-corrected chi connectivity index (χ3v) is 2.99. The molecular weight excluding hydrogens is 280 g/mol. The van der Waals surface area contributed by atoms with Crippen LogP contribution in [-0.2, 0) is 6.42 Å². The third kappa shape index (κ3) is 2.08. The summed E-state index contributed by atoms with van der Waals surface area (Å²) in [4.78, 5) is 4.15. The molecule has 0 aliphatic carbocycles. The van der Waals surface area contributed by atoms with Crippen LogP contribution >= 0.6 is 15.9 Å². The van der Waals surface area contributed by atoms with Crippen molar-refractivity contribution in [1.82, 2.24) is 10.1 Å². The number of aromatic nitrogens is 2. The zero-order valence-corrected chi connectivity index (χ0v) is 10.5. The minimum absolute atomic E-state index is 0.493. The van der Waals surface area contributed by atoms with Crippen LogP contribution in [0.25, 0.3) is 10.8 Å². The van der Waals surface area contributed by atoms with Crippen LogP contribution in [0.15, 0.2) is 51.7 Å². The maximum atomic E-state index is 5.11. The first-order valence-electron chi connectivity index (χ1n) is 5.27. The Morgan fingerprint density at radius 3 is 2.71 bits per heavy atom. The fourth-order valence-corrected chi connectivity index (χ4v) is 2.19.